The molecule has 1 amide bonds. The molecule has 1 saturated heterocycles. The van der Waals surface area contributed by atoms with Crippen molar-refractivity contribution in [2.45, 2.75) is 20.5 Å². The van der Waals surface area contributed by atoms with E-state index in [9.17, 15) is 4.79 Å². The number of amidine groups is 1. The number of carbonyl (C=O) groups is 1. The lowest BCUT2D eigenvalue weighted by atomic mass is 10.1. The van der Waals surface area contributed by atoms with Gasteiger partial charge < -0.3 is 19.5 Å². The molecule has 1 fully saturated rings. The zero-order valence-electron chi connectivity index (χ0n) is 19.3. The van der Waals surface area contributed by atoms with Crippen LogP contribution in [0.15, 0.2) is 76.6 Å². The predicted molar refractivity (Wildman–Crippen MR) is 137 cm³/mol. The lowest BCUT2D eigenvalue weighted by molar-refractivity contribution is -0.115. The first-order chi connectivity index (χ1) is 16.5. The van der Waals surface area contributed by atoms with Crippen LogP contribution in [0.2, 0.25) is 0 Å². The highest BCUT2D eigenvalue weighted by atomic mass is 32.2. The van der Waals surface area contributed by atoms with Crippen molar-refractivity contribution in [2.75, 3.05) is 13.7 Å². The average molecular weight is 475 g/mol. The van der Waals surface area contributed by atoms with Gasteiger partial charge in [-0.3, -0.25) is 4.79 Å². The van der Waals surface area contributed by atoms with E-state index >= 15 is 0 Å². The van der Waals surface area contributed by atoms with Gasteiger partial charge in [-0.15, -0.1) is 0 Å². The van der Waals surface area contributed by atoms with Gasteiger partial charge in [0.2, 0.25) is 0 Å². The number of amides is 1. The smallest absolute Gasteiger partial charge is 0.264 e. The van der Waals surface area contributed by atoms with E-state index in [1.165, 1.54) is 17.3 Å². The molecule has 0 aromatic heterocycles. The third-order valence-corrected chi connectivity index (χ3v) is 5.94. The maximum absolute atomic E-state index is 12.5. The molecule has 3 aromatic rings. The summed E-state index contributed by atoms with van der Waals surface area (Å²) in [6.07, 6.45) is 1.81. The van der Waals surface area contributed by atoms with Gasteiger partial charge >= 0.3 is 0 Å². The number of aliphatic imine (C=N–C) groups is 1. The molecule has 7 heteroatoms. The van der Waals surface area contributed by atoms with E-state index < -0.39 is 0 Å². The Kier molecular flexibility index (Phi) is 7.54. The van der Waals surface area contributed by atoms with Gasteiger partial charge in [0, 0.05) is 0 Å². The number of methoxy groups -OCH3 is 1. The van der Waals surface area contributed by atoms with Crippen molar-refractivity contribution < 1.29 is 19.0 Å². The van der Waals surface area contributed by atoms with Crippen LogP contribution in [0, 0.1) is 6.92 Å². The van der Waals surface area contributed by atoms with Crippen molar-refractivity contribution in [3.8, 4) is 17.2 Å². The first kappa shape index (κ1) is 23.4. The number of nitrogens with zero attached hydrogens (tertiary/aromatic N) is 1. The van der Waals surface area contributed by atoms with Crippen molar-refractivity contribution in [2.24, 2.45) is 4.99 Å². The summed E-state index contributed by atoms with van der Waals surface area (Å²) in [6, 6.07) is 21.2. The zero-order valence-corrected chi connectivity index (χ0v) is 20.1. The molecule has 0 aliphatic carbocycles. The van der Waals surface area contributed by atoms with Gasteiger partial charge in [0.05, 0.1) is 24.3 Å². The summed E-state index contributed by atoms with van der Waals surface area (Å²) in [5, 5.41) is 3.35. The lowest BCUT2D eigenvalue weighted by Gasteiger charge is -2.11. The molecule has 174 valence electrons. The molecule has 6 nitrogen and oxygen atoms in total. The summed E-state index contributed by atoms with van der Waals surface area (Å²) >= 11 is 1.30. The monoisotopic (exact) mass is 474 g/mol. The van der Waals surface area contributed by atoms with Gasteiger partial charge in [-0.2, -0.15) is 0 Å². The first-order valence-corrected chi connectivity index (χ1v) is 11.7. The maximum Gasteiger partial charge on any atom is 0.264 e. The summed E-state index contributed by atoms with van der Waals surface area (Å²) in [5.74, 6) is 1.85. The molecular weight excluding hydrogens is 448 g/mol. The normalized spacial score (nSPS) is 15.4. The highest BCUT2D eigenvalue weighted by molar-refractivity contribution is 8.18. The van der Waals surface area contributed by atoms with E-state index in [1.54, 1.807) is 7.11 Å². The Morgan fingerprint density at radius 1 is 0.971 bits per heavy atom. The molecule has 34 heavy (non-hydrogen) atoms. The first-order valence-electron chi connectivity index (χ1n) is 10.9. The zero-order chi connectivity index (χ0) is 23.9. The van der Waals surface area contributed by atoms with Crippen LogP contribution in [0.25, 0.3) is 6.08 Å². The molecule has 1 heterocycles. The van der Waals surface area contributed by atoms with Gasteiger partial charge in [-0.1, -0.05) is 35.9 Å². The number of nitrogens with one attached hydrogen (secondary N) is 1. The molecule has 1 aliphatic heterocycles. The van der Waals surface area contributed by atoms with Gasteiger partial charge in [0.1, 0.15) is 12.4 Å². The Morgan fingerprint density at radius 3 is 2.44 bits per heavy atom. The summed E-state index contributed by atoms with van der Waals surface area (Å²) in [5.41, 5.74) is 3.86. The number of aryl methyl sites for hydroxylation is 1. The number of ether oxygens (including phenoxy) is 3. The van der Waals surface area contributed by atoms with Crippen LogP contribution in [0.5, 0.6) is 17.2 Å². The van der Waals surface area contributed by atoms with Crippen LogP contribution in [0.3, 0.4) is 0 Å². The van der Waals surface area contributed by atoms with Crippen molar-refractivity contribution in [1.82, 2.24) is 5.32 Å². The Hall–Kier alpha value is -3.71. The minimum absolute atomic E-state index is 0.187. The summed E-state index contributed by atoms with van der Waals surface area (Å²) in [6.45, 7) is 5.05. The Bertz CT molecular complexity index is 1220. The number of thioether (sulfide) groups is 1. The molecule has 0 atom stereocenters. The minimum atomic E-state index is -0.187. The molecule has 0 bridgehead atoms. The van der Waals surface area contributed by atoms with E-state index in [2.05, 4.69) is 29.4 Å². The van der Waals surface area contributed by atoms with E-state index in [1.807, 2.05) is 67.6 Å². The fraction of sp³-hybridized carbons (Fsp3) is 0.185. The van der Waals surface area contributed by atoms with Crippen LogP contribution < -0.4 is 19.5 Å². The van der Waals surface area contributed by atoms with Gasteiger partial charge in [-0.05, 0) is 79.2 Å². The van der Waals surface area contributed by atoms with Gasteiger partial charge in [-0.25, -0.2) is 4.99 Å². The summed E-state index contributed by atoms with van der Waals surface area (Å²) in [4.78, 5) is 17.5. The van der Waals surface area contributed by atoms with Crippen LogP contribution in [0.4, 0.5) is 5.69 Å². The third kappa shape index (κ3) is 5.99. The second-order valence-electron chi connectivity index (χ2n) is 7.59. The largest absolute Gasteiger partial charge is 0.494 e. The number of carbonyl (C=O) groups excluding carboxylic acids is 1. The molecule has 0 spiro atoms. The van der Waals surface area contributed by atoms with Gasteiger partial charge in [0.15, 0.2) is 16.7 Å². The Balaban J connectivity index is 1.45. The molecule has 0 saturated carbocycles. The van der Waals surface area contributed by atoms with Crippen molar-refractivity contribution in [3.63, 3.8) is 0 Å². The highest BCUT2D eigenvalue weighted by Crippen LogP contribution is 2.33. The highest BCUT2D eigenvalue weighted by Gasteiger charge is 2.24. The molecule has 4 rings (SSSR count). The van der Waals surface area contributed by atoms with Crippen LogP contribution in [-0.2, 0) is 11.4 Å². The molecule has 0 unspecified atom stereocenters. The van der Waals surface area contributed by atoms with E-state index in [0.717, 1.165) is 22.6 Å². The Labute approximate surface area is 203 Å². The van der Waals surface area contributed by atoms with Crippen molar-refractivity contribution >= 4 is 34.6 Å². The second kappa shape index (κ2) is 10.9. The average Bonchev–Trinajstić information content (AvgIpc) is 3.18. The molecule has 3 aromatic carbocycles. The molecule has 1 N–H and O–H groups in total. The van der Waals surface area contributed by atoms with E-state index in [0.29, 0.717) is 34.8 Å². The van der Waals surface area contributed by atoms with Gasteiger partial charge in [0.25, 0.3) is 5.91 Å². The van der Waals surface area contributed by atoms with Crippen LogP contribution in [0.1, 0.15) is 23.6 Å². The summed E-state index contributed by atoms with van der Waals surface area (Å²) < 4.78 is 16.9. The lowest BCUT2D eigenvalue weighted by Crippen LogP contribution is -2.19. The third-order valence-electron chi connectivity index (χ3n) is 5.03. The SMILES string of the molecule is CCOc1ccc(N=C2NC(=O)/C(=C\c3ccc(OCc4ccc(C)cc4)c(OC)c3)S2)cc1. The standard InChI is InChI=1S/C27H26N2O4S/c1-4-32-22-12-10-21(11-13-22)28-27-29-26(30)25(34-27)16-20-9-14-23(24(15-20)31-3)33-17-19-7-5-18(2)6-8-19/h5-16H,4,17H2,1-3H3,(H,28,29,30)/b25-16+. The molecule has 0 radical (unpaired) electrons. The predicted octanol–water partition coefficient (Wildman–Crippen LogP) is 5.87. The molecule has 1 aliphatic rings. The number of hydrogen-bond donors (Lipinski definition) is 1. The minimum Gasteiger partial charge on any atom is -0.494 e. The fourth-order valence-electron chi connectivity index (χ4n) is 3.27. The van der Waals surface area contributed by atoms with Crippen LogP contribution in [-0.4, -0.2) is 24.8 Å². The quantitative estimate of drug-likeness (QED) is 0.413. The van der Waals surface area contributed by atoms with Crippen LogP contribution >= 0.6 is 11.8 Å². The summed E-state index contributed by atoms with van der Waals surface area (Å²) in [7, 11) is 1.60. The number of benzene rings is 3. The van der Waals surface area contributed by atoms with Crippen molar-refractivity contribution in [3.05, 3.63) is 88.3 Å². The topological polar surface area (TPSA) is 69.2 Å². The second-order valence-corrected chi connectivity index (χ2v) is 8.62. The molecular formula is C27H26N2O4S. The van der Waals surface area contributed by atoms with E-state index in [4.69, 9.17) is 14.2 Å². The maximum atomic E-state index is 12.5. The Morgan fingerprint density at radius 2 is 1.74 bits per heavy atom. The number of hydrogen-bond acceptors (Lipinski definition) is 6. The number of rotatable bonds is 8. The van der Waals surface area contributed by atoms with Crippen molar-refractivity contribution in [1.29, 1.82) is 0 Å². The van der Waals surface area contributed by atoms with E-state index in [-0.39, 0.29) is 5.91 Å². The fourth-order valence-corrected chi connectivity index (χ4v) is 4.11.